The highest BCUT2D eigenvalue weighted by Gasteiger charge is 2.16. The zero-order valence-electron chi connectivity index (χ0n) is 7.69. The van der Waals surface area contributed by atoms with E-state index in [-0.39, 0.29) is 11.7 Å². The average Bonchev–Trinajstić information content (AvgIpc) is 1.98. The number of rotatable bonds is 4. The first-order valence-electron chi connectivity index (χ1n) is 4.00. The molecule has 0 fully saturated rings. The molecule has 0 aliphatic heterocycles. The maximum absolute atomic E-state index is 10.5. The van der Waals surface area contributed by atoms with E-state index in [1.807, 2.05) is 0 Å². The predicted octanol–water partition coefficient (Wildman–Crippen LogP) is 0.509. The van der Waals surface area contributed by atoms with E-state index in [4.69, 9.17) is 0 Å². The first-order valence-corrected chi connectivity index (χ1v) is 4.00. The molecule has 0 bridgehead atoms. The van der Waals surface area contributed by atoms with Gasteiger partial charge in [-0.1, -0.05) is 19.9 Å². The number of hydrogen-bond acceptors (Lipinski definition) is 3. The molecule has 3 nitrogen and oxygen atoms in total. The minimum Gasteiger partial charge on any atom is -0.390 e. The van der Waals surface area contributed by atoms with E-state index in [2.05, 4.69) is 0 Å². The van der Waals surface area contributed by atoms with Gasteiger partial charge < -0.3 is 10.2 Å². The van der Waals surface area contributed by atoms with Crippen molar-refractivity contribution in [3.8, 4) is 0 Å². The third kappa shape index (κ3) is 4.26. The fourth-order valence-corrected chi connectivity index (χ4v) is 0.742. The molecule has 0 heterocycles. The van der Waals surface area contributed by atoms with Crippen LogP contribution in [-0.2, 0) is 4.79 Å². The molecule has 2 atom stereocenters. The molecular formula is C9H16O3. The lowest BCUT2D eigenvalue weighted by atomic mass is 10.0. The number of carbonyl (C=O) groups is 1. The SMILES string of the molecule is CC(=O)/C=C/[C@@H](O)[C@H](O)C(C)C. The molecular weight excluding hydrogens is 156 g/mol. The van der Waals surface area contributed by atoms with Crippen LogP contribution in [0.15, 0.2) is 12.2 Å². The van der Waals surface area contributed by atoms with Crippen LogP contribution in [0.25, 0.3) is 0 Å². The molecule has 0 aromatic rings. The second-order valence-electron chi connectivity index (χ2n) is 3.19. The van der Waals surface area contributed by atoms with Crippen LogP contribution in [-0.4, -0.2) is 28.2 Å². The van der Waals surface area contributed by atoms with Gasteiger partial charge in [0.1, 0.15) is 0 Å². The van der Waals surface area contributed by atoms with Crippen LogP contribution in [0, 0.1) is 5.92 Å². The van der Waals surface area contributed by atoms with Crippen molar-refractivity contribution in [2.75, 3.05) is 0 Å². The van der Waals surface area contributed by atoms with E-state index in [0.717, 1.165) is 0 Å². The summed E-state index contributed by atoms with van der Waals surface area (Å²) in [4.78, 5) is 10.5. The van der Waals surface area contributed by atoms with Gasteiger partial charge in [0.2, 0.25) is 0 Å². The van der Waals surface area contributed by atoms with Crippen molar-refractivity contribution < 1.29 is 15.0 Å². The molecule has 0 unspecified atom stereocenters. The third-order valence-corrected chi connectivity index (χ3v) is 1.56. The molecule has 3 heteroatoms. The highest BCUT2D eigenvalue weighted by Crippen LogP contribution is 2.06. The Morgan fingerprint density at radius 3 is 2.17 bits per heavy atom. The van der Waals surface area contributed by atoms with Gasteiger partial charge in [0.25, 0.3) is 0 Å². The van der Waals surface area contributed by atoms with Crippen molar-refractivity contribution in [1.29, 1.82) is 0 Å². The molecule has 0 radical (unpaired) electrons. The molecule has 0 amide bonds. The molecule has 2 N–H and O–H groups in total. The van der Waals surface area contributed by atoms with Crippen LogP contribution < -0.4 is 0 Å². The molecule has 0 rings (SSSR count). The van der Waals surface area contributed by atoms with Gasteiger partial charge in [0.15, 0.2) is 5.78 Å². The Hall–Kier alpha value is -0.670. The van der Waals surface area contributed by atoms with Crippen LogP contribution in [0.1, 0.15) is 20.8 Å². The average molecular weight is 172 g/mol. The van der Waals surface area contributed by atoms with E-state index in [9.17, 15) is 15.0 Å². The van der Waals surface area contributed by atoms with Crippen LogP contribution in [0.3, 0.4) is 0 Å². The Morgan fingerprint density at radius 1 is 1.33 bits per heavy atom. The summed E-state index contributed by atoms with van der Waals surface area (Å²) in [6, 6.07) is 0. The topological polar surface area (TPSA) is 57.5 Å². The van der Waals surface area contributed by atoms with Gasteiger partial charge in [0, 0.05) is 0 Å². The first-order chi connectivity index (χ1) is 5.45. The zero-order chi connectivity index (χ0) is 9.72. The van der Waals surface area contributed by atoms with Gasteiger partial charge >= 0.3 is 0 Å². The Balaban J connectivity index is 4.03. The van der Waals surface area contributed by atoms with Gasteiger partial charge in [-0.15, -0.1) is 0 Å². The summed E-state index contributed by atoms with van der Waals surface area (Å²) in [5.41, 5.74) is 0. The lowest BCUT2D eigenvalue weighted by Crippen LogP contribution is -2.29. The summed E-state index contributed by atoms with van der Waals surface area (Å²) >= 11 is 0. The summed E-state index contributed by atoms with van der Waals surface area (Å²) in [6.07, 6.45) is 0.818. The molecule has 0 saturated carbocycles. The minimum atomic E-state index is -0.950. The van der Waals surface area contributed by atoms with Crippen molar-refractivity contribution in [3.05, 3.63) is 12.2 Å². The summed E-state index contributed by atoms with van der Waals surface area (Å²) in [7, 11) is 0. The number of ketones is 1. The van der Waals surface area contributed by atoms with Gasteiger partial charge in [-0.05, 0) is 18.9 Å². The monoisotopic (exact) mass is 172 g/mol. The highest BCUT2D eigenvalue weighted by atomic mass is 16.3. The van der Waals surface area contributed by atoms with Crippen LogP contribution in [0.4, 0.5) is 0 Å². The molecule has 0 saturated heterocycles. The Kier molecular flexibility index (Phi) is 4.78. The van der Waals surface area contributed by atoms with Gasteiger partial charge in [0.05, 0.1) is 12.2 Å². The standard InChI is InChI=1S/C9H16O3/c1-6(2)9(12)8(11)5-4-7(3)10/h4-6,8-9,11-12H,1-3H3/b5-4+/t8-,9-/m1/s1. The second kappa shape index (κ2) is 5.06. The molecule has 70 valence electrons. The number of allylic oxidation sites excluding steroid dienone is 1. The lowest BCUT2D eigenvalue weighted by molar-refractivity contribution is -0.112. The molecule has 0 aliphatic rings. The van der Waals surface area contributed by atoms with E-state index >= 15 is 0 Å². The third-order valence-electron chi connectivity index (χ3n) is 1.56. The summed E-state index contributed by atoms with van der Waals surface area (Å²) in [6.45, 7) is 5.00. The van der Waals surface area contributed by atoms with Gasteiger partial charge in [-0.3, -0.25) is 4.79 Å². The van der Waals surface area contributed by atoms with Crippen LogP contribution >= 0.6 is 0 Å². The summed E-state index contributed by atoms with van der Waals surface area (Å²) in [5, 5.41) is 18.5. The van der Waals surface area contributed by atoms with E-state index in [1.54, 1.807) is 13.8 Å². The smallest absolute Gasteiger partial charge is 0.152 e. The largest absolute Gasteiger partial charge is 0.390 e. The van der Waals surface area contributed by atoms with Gasteiger partial charge in [-0.25, -0.2) is 0 Å². The highest BCUT2D eigenvalue weighted by molar-refractivity contribution is 5.87. The Morgan fingerprint density at radius 2 is 1.83 bits per heavy atom. The van der Waals surface area contributed by atoms with Crippen molar-refractivity contribution in [3.63, 3.8) is 0 Å². The van der Waals surface area contributed by atoms with E-state index in [1.165, 1.54) is 19.1 Å². The number of aliphatic hydroxyl groups is 2. The fraction of sp³-hybridized carbons (Fsp3) is 0.667. The number of hydrogen-bond donors (Lipinski definition) is 2. The quantitative estimate of drug-likeness (QED) is 0.607. The van der Waals surface area contributed by atoms with Crippen LogP contribution in [0.2, 0.25) is 0 Å². The molecule has 0 spiro atoms. The van der Waals surface area contributed by atoms with Gasteiger partial charge in [-0.2, -0.15) is 0 Å². The Bertz CT molecular complexity index is 173. The first kappa shape index (κ1) is 11.3. The molecule has 12 heavy (non-hydrogen) atoms. The molecule has 0 aromatic carbocycles. The van der Waals surface area contributed by atoms with Crippen molar-refractivity contribution >= 4 is 5.78 Å². The predicted molar refractivity (Wildman–Crippen MR) is 46.7 cm³/mol. The van der Waals surface area contributed by atoms with E-state index in [0.29, 0.717) is 0 Å². The second-order valence-corrected chi connectivity index (χ2v) is 3.19. The molecule has 0 aromatic heterocycles. The minimum absolute atomic E-state index is 0.0170. The van der Waals surface area contributed by atoms with E-state index < -0.39 is 12.2 Å². The number of aliphatic hydroxyl groups excluding tert-OH is 2. The summed E-state index contributed by atoms with van der Waals surface area (Å²) in [5.74, 6) is -0.151. The van der Waals surface area contributed by atoms with Crippen LogP contribution in [0.5, 0.6) is 0 Å². The Labute approximate surface area is 72.7 Å². The van der Waals surface area contributed by atoms with Crippen molar-refractivity contribution in [2.45, 2.75) is 33.0 Å². The summed E-state index contributed by atoms with van der Waals surface area (Å²) < 4.78 is 0. The maximum Gasteiger partial charge on any atom is 0.152 e. The normalized spacial score (nSPS) is 16.8. The van der Waals surface area contributed by atoms with Crippen molar-refractivity contribution in [2.24, 2.45) is 5.92 Å². The maximum atomic E-state index is 10.5. The number of carbonyl (C=O) groups excluding carboxylic acids is 1. The lowest BCUT2D eigenvalue weighted by Gasteiger charge is -2.17. The molecule has 0 aliphatic carbocycles. The zero-order valence-corrected chi connectivity index (χ0v) is 7.69. The fourth-order valence-electron chi connectivity index (χ4n) is 0.742. The van der Waals surface area contributed by atoms with Crippen molar-refractivity contribution in [1.82, 2.24) is 0 Å².